The molecule has 0 saturated carbocycles. The molecule has 0 aliphatic rings. The summed E-state index contributed by atoms with van der Waals surface area (Å²) in [5.41, 5.74) is 1.66. The van der Waals surface area contributed by atoms with Crippen molar-refractivity contribution in [1.82, 2.24) is 10.3 Å². The standard InChI is InChI=1S/C14H13BrN2O2/c15-12-6-11(8-16-9-12)13(14(18)19)17-7-10-4-2-1-3-5-10/h1-6,8-9,13,17H,7H2,(H,18,19). The summed E-state index contributed by atoms with van der Waals surface area (Å²) in [4.78, 5) is 15.3. The lowest BCUT2D eigenvalue weighted by Crippen LogP contribution is -2.28. The largest absolute Gasteiger partial charge is 0.480 e. The van der Waals surface area contributed by atoms with Crippen LogP contribution in [0.15, 0.2) is 53.3 Å². The number of carboxylic acids is 1. The molecule has 0 aliphatic heterocycles. The Morgan fingerprint density at radius 2 is 2.05 bits per heavy atom. The Morgan fingerprint density at radius 3 is 2.68 bits per heavy atom. The summed E-state index contributed by atoms with van der Waals surface area (Å²) in [6.45, 7) is 0.490. The second kappa shape index (κ2) is 6.45. The van der Waals surface area contributed by atoms with E-state index in [9.17, 15) is 9.90 Å². The molecule has 98 valence electrons. The highest BCUT2D eigenvalue weighted by Crippen LogP contribution is 2.17. The number of nitrogens with one attached hydrogen (secondary N) is 1. The van der Waals surface area contributed by atoms with E-state index in [1.807, 2.05) is 30.3 Å². The van der Waals surface area contributed by atoms with Gasteiger partial charge in [0.2, 0.25) is 0 Å². The summed E-state index contributed by atoms with van der Waals surface area (Å²) in [6, 6.07) is 10.7. The maximum atomic E-state index is 11.3. The second-order valence-electron chi connectivity index (χ2n) is 4.07. The number of hydrogen-bond donors (Lipinski definition) is 2. The fourth-order valence-corrected chi connectivity index (χ4v) is 2.13. The van der Waals surface area contributed by atoms with E-state index in [2.05, 4.69) is 26.2 Å². The van der Waals surface area contributed by atoms with Gasteiger partial charge in [0.05, 0.1) is 0 Å². The van der Waals surface area contributed by atoms with E-state index in [4.69, 9.17) is 0 Å². The Morgan fingerprint density at radius 1 is 1.32 bits per heavy atom. The van der Waals surface area contributed by atoms with E-state index >= 15 is 0 Å². The average Bonchev–Trinajstić information content (AvgIpc) is 2.40. The van der Waals surface area contributed by atoms with Gasteiger partial charge in [-0.05, 0) is 33.1 Å². The summed E-state index contributed by atoms with van der Waals surface area (Å²) in [6.07, 6.45) is 3.18. The number of rotatable bonds is 5. The van der Waals surface area contributed by atoms with E-state index in [0.717, 1.165) is 10.0 Å². The number of benzene rings is 1. The van der Waals surface area contributed by atoms with Crippen molar-refractivity contribution in [1.29, 1.82) is 0 Å². The molecule has 2 rings (SSSR count). The van der Waals surface area contributed by atoms with Crippen molar-refractivity contribution in [2.75, 3.05) is 0 Å². The molecule has 0 bridgehead atoms. The Labute approximate surface area is 119 Å². The average molecular weight is 321 g/mol. The lowest BCUT2D eigenvalue weighted by Gasteiger charge is -2.14. The number of aliphatic carboxylic acids is 1. The first-order chi connectivity index (χ1) is 9.16. The van der Waals surface area contributed by atoms with Gasteiger partial charge in [0.25, 0.3) is 0 Å². The Bertz CT molecular complexity index is 560. The van der Waals surface area contributed by atoms with Crippen LogP contribution >= 0.6 is 15.9 Å². The quantitative estimate of drug-likeness (QED) is 0.889. The van der Waals surface area contributed by atoms with Gasteiger partial charge in [0, 0.05) is 23.4 Å². The molecule has 0 radical (unpaired) electrons. The SMILES string of the molecule is O=C(O)C(NCc1ccccc1)c1cncc(Br)c1. The Hall–Kier alpha value is -1.72. The van der Waals surface area contributed by atoms with Crippen LogP contribution in [0.3, 0.4) is 0 Å². The van der Waals surface area contributed by atoms with Crippen LogP contribution in [-0.2, 0) is 11.3 Å². The smallest absolute Gasteiger partial charge is 0.325 e. The fraction of sp³-hybridized carbons (Fsp3) is 0.143. The minimum Gasteiger partial charge on any atom is -0.480 e. The second-order valence-corrected chi connectivity index (χ2v) is 4.99. The molecule has 1 heterocycles. The van der Waals surface area contributed by atoms with Gasteiger partial charge >= 0.3 is 5.97 Å². The predicted octanol–water partition coefficient (Wildman–Crippen LogP) is 2.76. The van der Waals surface area contributed by atoms with E-state index in [-0.39, 0.29) is 0 Å². The van der Waals surface area contributed by atoms with Crippen molar-refractivity contribution in [3.8, 4) is 0 Å². The number of halogens is 1. The lowest BCUT2D eigenvalue weighted by molar-refractivity contribution is -0.139. The number of pyridine rings is 1. The van der Waals surface area contributed by atoms with Gasteiger partial charge < -0.3 is 5.11 Å². The van der Waals surface area contributed by atoms with Gasteiger partial charge in [0.15, 0.2) is 0 Å². The summed E-state index contributed by atoms with van der Waals surface area (Å²) >= 11 is 3.29. The molecule has 5 heteroatoms. The molecule has 2 N–H and O–H groups in total. The summed E-state index contributed by atoms with van der Waals surface area (Å²) < 4.78 is 0.762. The minimum absolute atomic E-state index is 0.490. The highest BCUT2D eigenvalue weighted by molar-refractivity contribution is 9.10. The third kappa shape index (κ3) is 3.87. The molecule has 0 amide bonds. The van der Waals surface area contributed by atoms with Crippen LogP contribution in [0.1, 0.15) is 17.2 Å². The lowest BCUT2D eigenvalue weighted by atomic mass is 10.1. The number of carboxylic acid groups (broad SMARTS) is 1. The van der Waals surface area contributed by atoms with Crippen LogP contribution in [0.4, 0.5) is 0 Å². The zero-order chi connectivity index (χ0) is 13.7. The third-order valence-corrected chi connectivity index (χ3v) is 3.09. The van der Waals surface area contributed by atoms with Crippen LogP contribution in [0.5, 0.6) is 0 Å². The van der Waals surface area contributed by atoms with Gasteiger partial charge in [-0.15, -0.1) is 0 Å². The number of carbonyl (C=O) groups is 1. The first-order valence-electron chi connectivity index (χ1n) is 5.77. The number of hydrogen-bond acceptors (Lipinski definition) is 3. The van der Waals surface area contributed by atoms with Crippen molar-refractivity contribution in [2.24, 2.45) is 0 Å². The summed E-state index contributed by atoms with van der Waals surface area (Å²) in [5, 5.41) is 12.3. The Balaban J connectivity index is 2.11. The molecule has 1 unspecified atom stereocenters. The maximum absolute atomic E-state index is 11.3. The summed E-state index contributed by atoms with van der Waals surface area (Å²) in [7, 11) is 0. The van der Waals surface area contributed by atoms with Crippen molar-refractivity contribution >= 4 is 21.9 Å². The van der Waals surface area contributed by atoms with E-state index in [1.54, 1.807) is 18.5 Å². The number of aromatic nitrogens is 1. The molecule has 0 saturated heterocycles. The third-order valence-electron chi connectivity index (χ3n) is 2.66. The van der Waals surface area contributed by atoms with Crippen molar-refractivity contribution in [3.63, 3.8) is 0 Å². The van der Waals surface area contributed by atoms with Crippen LogP contribution in [0.25, 0.3) is 0 Å². The first kappa shape index (κ1) is 13.7. The van der Waals surface area contributed by atoms with Gasteiger partial charge in [-0.25, -0.2) is 0 Å². The molecule has 1 aromatic heterocycles. The van der Waals surface area contributed by atoms with Crippen LogP contribution in [-0.4, -0.2) is 16.1 Å². The summed E-state index contributed by atoms with van der Waals surface area (Å²) in [5.74, 6) is -0.921. The van der Waals surface area contributed by atoms with Gasteiger partial charge in [-0.2, -0.15) is 0 Å². The van der Waals surface area contributed by atoms with Crippen molar-refractivity contribution in [3.05, 3.63) is 64.4 Å². The molecule has 2 aromatic rings. The molecule has 1 atom stereocenters. The van der Waals surface area contributed by atoms with E-state index < -0.39 is 12.0 Å². The fourth-order valence-electron chi connectivity index (χ4n) is 1.75. The van der Waals surface area contributed by atoms with Crippen molar-refractivity contribution in [2.45, 2.75) is 12.6 Å². The molecular formula is C14H13BrN2O2. The van der Waals surface area contributed by atoms with Gasteiger partial charge in [-0.3, -0.25) is 15.1 Å². The molecule has 19 heavy (non-hydrogen) atoms. The van der Waals surface area contributed by atoms with E-state index in [0.29, 0.717) is 12.1 Å². The highest BCUT2D eigenvalue weighted by Gasteiger charge is 2.19. The first-order valence-corrected chi connectivity index (χ1v) is 6.56. The van der Waals surface area contributed by atoms with Crippen molar-refractivity contribution < 1.29 is 9.90 Å². The van der Waals surface area contributed by atoms with Gasteiger partial charge in [0.1, 0.15) is 6.04 Å². The van der Waals surface area contributed by atoms with Crippen LogP contribution in [0.2, 0.25) is 0 Å². The Kier molecular flexibility index (Phi) is 4.65. The predicted molar refractivity (Wildman–Crippen MR) is 75.6 cm³/mol. The molecule has 0 aliphatic carbocycles. The molecule has 4 nitrogen and oxygen atoms in total. The molecular weight excluding hydrogens is 308 g/mol. The van der Waals surface area contributed by atoms with Crippen LogP contribution in [0, 0.1) is 0 Å². The molecule has 0 fully saturated rings. The van der Waals surface area contributed by atoms with Crippen LogP contribution < -0.4 is 5.32 Å². The molecule has 1 aromatic carbocycles. The maximum Gasteiger partial charge on any atom is 0.325 e. The monoisotopic (exact) mass is 320 g/mol. The molecule has 0 spiro atoms. The normalized spacial score (nSPS) is 12.1. The van der Waals surface area contributed by atoms with Gasteiger partial charge in [-0.1, -0.05) is 30.3 Å². The highest BCUT2D eigenvalue weighted by atomic mass is 79.9. The minimum atomic E-state index is -0.921. The number of nitrogens with zero attached hydrogens (tertiary/aromatic N) is 1. The zero-order valence-electron chi connectivity index (χ0n) is 10.1. The van der Waals surface area contributed by atoms with E-state index in [1.165, 1.54) is 0 Å². The topological polar surface area (TPSA) is 62.2 Å². The zero-order valence-corrected chi connectivity index (χ0v) is 11.7.